The molecule has 1 N–H and O–H groups in total. The SMILES string of the molecule is CCC(=O)NS(=O)c1ccc(C(=O)/C=C/c2ccccc2N2CCCC2)cc1. The molecule has 1 aliphatic rings. The summed E-state index contributed by atoms with van der Waals surface area (Å²) in [6, 6.07) is 14.6. The van der Waals surface area contributed by atoms with E-state index in [0.29, 0.717) is 10.5 Å². The number of hydrogen-bond donors (Lipinski definition) is 1. The quantitative estimate of drug-likeness (QED) is 0.572. The molecular weight excluding hydrogens is 372 g/mol. The standard InChI is InChI=1S/C22H24N2O3S/c1-2-22(26)23-28(27)19-12-9-18(10-13-19)21(25)14-11-17-7-3-4-8-20(17)24-15-5-6-16-24/h3-4,7-14H,2,5-6,15-16H2,1H3,(H,23,26)/b14-11+. The molecule has 1 amide bonds. The van der Waals surface area contributed by atoms with Gasteiger partial charge in [0.1, 0.15) is 0 Å². The third kappa shape index (κ3) is 4.95. The van der Waals surface area contributed by atoms with E-state index in [1.54, 1.807) is 37.3 Å². The molecule has 0 aliphatic carbocycles. The van der Waals surface area contributed by atoms with Crippen molar-refractivity contribution in [3.05, 3.63) is 65.7 Å². The molecule has 2 aromatic carbocycles. The van der Waals surface area contributed by atoms with Crippen molar-refractivity contribution in [2.75, 3.05) is 18.0 Å². The van der Waals surface area contributed by atoms with Gasteiger partial charge in [0.15, 0.2) is 16.8 Å². The number of para-hydroxylation sites is 1. The van der Waals surface area contributed by atoms with E-state index in [1.165, 1.54) is 12.8 Å². The molecule has 0 aromatic heterocycles. The lowest BCUT2D eigenvalue weighted by atomic mass is 10.1. The predicted molar refractivity (Wildman–Crippen MR) is 113 cm³/mol. The van der Waals surface area contributed by atoms with Crippen LogP contribution in [0.4, 0.5) is 5.69 Å². The minimum atomic E-state index is -1.61. The maximum absolute atomic E-state index is 12.5. The highest BCUT2D eigenvalue weighted by Gasteiger charge is 2.14. The fourth-order valence-electron chi connectivity index (χ4n) is 3.11. The monoisotopic (exact) mass is 396 g/mol. The van der Waals surface area contributed by atoms with Gasteiger partial charge in [-0.05, 0) is 60.9 Å². The molecule has 1 atom stereocenters. The number of ketones is 1. The molecule has 1 unspecified atom stereocenters. The second-order valence-corrected chi connectivity index (χ2v) is 7.84. The molecule has 0 saturated carbocycles. The minimum absolute atomic E-state index is 0.119. The van der Waals surface area contributed by atoms with Gasteiger partial charge in [-0.3, -0.25) is 14.3 Å². The normalized spacial score (nSPS) is 15.0. The summed E-state index contributed by atoms with van der Waals surface area (Å²) in [6.07, 6.45) is 6.09. The zero-order valence-electron chi connectivity index (χ0n) is 15.9. The van der Waals surface area contributed by atoms with Gasteiger partial charge in [-0.1, -0.05) is 25.1 Å². The molecule has 6 heteroatoms. The topological polar surface area (TPSA) is 66.5 Å². The summed E-state index contributed by atoms with van der Waals surface area (Å²) in [6.45, 7) is 3.79. The highest BCUT2D eigenvalue weighted by Crippen LogP contribution is 2.25. The number of anilines is 1. The van der Waals surface area contributed by atoms with Crippen molar-refractivity contribution in [1.82, 2.24) is 4.72 Å². The molecule has 5 nitrogen and oxygen atoms in total. The number of amides is 1. The fraction of sp³-hybridized carbons (Fsp3) is 0.273. The lowest BCUT2D eigenvalue weighted by molar-refractivity contribution is -0.118. The van der Waals surface area contributed by atoms with E-state index in [2.05, 4.69) is 15.7 Å². The number of rotatable bonds is 7. The molecule has 1 aliphatic heterocycles. The van der Waals surface area contributed by atoms with Crippen LogP contribution in [0.15, 0.2) is 59.5 Å². The lowest BCUT2D eigenvalue weighted by Crippen LogP contribution is -2.24. The van der Waals surface area contributed by atoms with Gasteiger partial charge in [-0.15, -0.1) is 0 Å². The van der Waals surface area contributed by atoms with Crippen LogP contribution in [0.1, 0.15) is 42.1 Å². The van der Waals surface area contributed by atoms with Crippen LogP contribution in [-0.2, 0) is 15.8 Å². The summed E-state index contributed by atoms with van der Waals surface area (Å²) >= 11 is 0. The minimum Gasteiger partial charge on any atom is -0.371 e. The van der Waals surface area contributed by atoms with Crippen molar-refractivity contribution in [2.24, 2.45) is 0 Å². The Balaban J connectivity index is 1.70. The summed E-state index contributed by atoms with van der Waals surface area (Å²) in [4.78, 5) is 26.7. The van der Waals surface area contributed by atoms with Crippen LogP contribution in [0, 0.1) is 0 Å². The smallest absolute Gasteiger partial charge is 0.231 e. The molecule has 1 heterocycles. The third-order valence-electron chi connectivity index (χ3n) is 4.68. The maximum atomic E-state index is 12.5. The van der Waals surface area contributed by atoms with Gasteiger partial charge in [-0.25, -0.2) is 4.21 Å². The van der Waals surface area contributed by atoms with Gasteiger partial charge in [0.25, 0.3) is 0 Å². The van der Waals surface area contributed by atoms with E-state index in [-0.39, 0.29) is 18.1 Å². The van der Waals surface area contributed by atoms with Gasteiger partial charge in [-0.2, -0.15) is 0 Å². The Kier molecular flexibility index (Phi) is 6.76. The molecule has 3 rings (SSSR count). The van der Waals surface area contributed by atoms with Crippen LogP contribution in [0.3, 0.4) is 0 Å². The molecule has 1 fully saturated rings. The number of hydrogen-bond acceptors (Lipinski definition) is 4. The molecule has 28 heavy (non-hydrogen) atoms. The Morgan fingerprint density at radius 3 is 2.43 bits per heavy atom. The molecule has 0 spiro atoms. The van der Waals surface area contributed by atoms with Crippen molar-refractivity contribution in [3.63, 3.8) is 0 Å². The van der Waals surface area contributed by atoms with Gasteiger partial charge < -0.3 is 4.90 Å². The first-order valence-corrected chi connectivity index (χ1v) is 10.6. The van der Waals surface area contributed by atoms with E-state index in [9.17, 15) is 13.8 Å². The summed E-state index contributed by atoms with van der Waals surface area (Å²) in [5.41, 5.74) is 2.69. The van der Waals surface area contributed by atoms with Crippen LogP contribution in [0.2, 0.25) is 0 Å². The first-order chi connectivity index (χ1) is 13.6. The first-order valence-electron chi connectivity index (χ1n) is 9.46. The zero-order valence-corrected chi connectivity index (χ0v) is 16.7. The number of nitrogens with zero attached hydrogens (tertiary/aromatic N) is 1. The number of benzene rings is 2. The van der Waals surface area contributed by atoms with Crippen LogP contribution in [0.5, 0.6) is 0 Å². The van der Waals surface area contributed by atoms with Gasteiger partial charge >= 0.3 is 0 Å². The van der Waals surface area contributed by atoms with Gasteiger partial charge in [0.2, 0.25) is 5.91 Å². The fourth-order valence-corrected chi connectivity index (χ4v) is 3.97. The average Bonchev–Trinajstić information content (AvgIpc) is 3.27. The van der Waals surface area contributed by atoms with Crippen LogP contribution < -0.4 is 9.62 Å². The molecule has 2 aromatic rings. The molecule has 0 bridgehead atoms. The van der Waals surface area contributed by atoms with E-state index in [0.717, 1.165) is 24.3 Å². The summed E-state index contributed by atoms with van der Waals surface area (Å²) in [5, 5.41) is 0. The van der Waals surface area contributed by atoms with Crippen molar-refractivity contribution in [3.8, 4) is 0 Å². The Morgan fingerprint density at radius 2 is 1.75 bits per heavy atom. The molecule has 0 radical (unpaired) electrons. The highest BCUT2D eigenvalue weighted by molar-refractivity contribution is 7.83. The van der Waals surface area contributed by atoms with E-state index >= 15 is 0 Å². The maximum Gasteiger partial charge on any atom is 0.231 e. The molecule has 146 valence electrons. The Hall–Kier alpha value is -2.73. The van der Waals surface area contributed by atoms with Crippen molar-refractivity contribution in [1.29, 1.82) is 0 Å². The van der Waals surface area contributed by atoms with Crippen molar-refractivity contribution < 1.29 is 13.8 Å². The van der Waals surface area contributed by atoms with Crippen LogP contribution in [-0.4, -0.2) is 29.0 Å². The van der Waals surface area contributed by atoms with E-state index < -0.39 is 11.0 Å². The second-order valence-electron chi connectivity index (χ2n) is 6.62. The number of nitrogens with one attached hydrogen (secondary N) is 1. The van der Waals surface area contributed by atoms with Gasteiger partial charge in [0.05, 0.1) is 4.90 Å². The molecular formula is C22H24N2O3S. The Morgan fingerprint density at radius 1 is 1.07 bits per heavy atom. The third-order valence-corrected chi connectivity index (χ3v) is 5.79. The van der Waals surface area contributed by atoms with Crippen LogP contribution in [0.25, 0.3) is 6.08 Å². The van der Waals surface area contributed by atoms with Gasteiger partial charge in [0, 0.05) is 30.8 Å². The largest absolute Gasteiger partial charge is 0.371 e. The number of carbonyl (C=O) groups is 2. The number of allylic oxidation sites excluding steroid dienone is 1. The summed E-state index contributed by atoms with van der Waals surface area (Å²) < 4.78 is 14.4. The first kappa shape index (κ1) is 20.0. The number of carbonyl (C=O) groups excluding carboxylic acids is 2. The average molecular weight is 397 g/mol. The molecule has 1 saturated heterocycles. The Labute approximate surface area is 168 Å². The van der Waals surface area contributed by atoms with E-state index in [4.69, 9.17) is 0 Å². The highest BCUT2D eigenvalue weighted by atomic mass is 32.2. The summed E-state index contributed by atoms with van der Waals surface area (Å²) in [5.74, 6) is -0.399. The Bertz CT molecular complexity index is 900. The summed E-state index contributed by atoms with van der Waals surface area (Å²) in [7, 11) is -1.61. The predicted octanol–water partition coefficient (Wildman–Crippen LogP) is 3.73. The van der Waals surface area contributed by atoms with Crippen molar-refractivity contribution in [2.45, 2.75) is 31.1 Å². The second kappa shape index (κ2) is 9.46. The van der Waals surface area contributed by atoms with E-state index in [1.807, 2.05) is 24.3 Å². The van der Waals surface area contributed by atoms with Crippen LogP contribution >= 0.6 is 0 Å². The lowest BCUT2D eigenvalue weighted by Gasteiger charge is -2.19. The van der Waals surface area contributed by atoms with Crippen molar-refractivity contribution >= 4 is 34.4 Å². The zero-order chi connectivity index (χ0) is 19.9.